The first-order valence-electron chi connectivity index (χ1n) is 7.41. The van der Waals surface area contributed by atoms with Crippen molar-refractivity contribution in [2.75, 3.05) is 20.2 Å². The second kappa shape index (κ2) is 6.91. The Morgan fingerprint density at radius 3 is 2.59 bits per heavy atom. The van der Waals surface area contributed by atoms with E-state index in [9.17, 15) is 8.42 Å². The lowest BCUT2D eigenvalue weighted by Crippen LogP contribution is -2.39. The molecule has 1 aromatic carbocycles. The van der Waals surface area contributed by atoms with E-state index in [1.807, 2.05) is 24.3 Å². The fourth-order valence-corrected chi connectivity index (χ4v) is 4.11. The number of hydrogen-bond acceptors (Lipinski definition) is 4. The van der Waals surface area contributed by atoms with Crippen LogP contribution >= 0.6 is 0 Å². The van der Waals surface area contributed by atoms with Gasteiger partial charge in [-0.25, -0.2) is 13.1 Å². The smallest absolute Gasteiger partial charge is 0.219 e. The van der Waals surface area contributed by atoms with E-state index in [1.165, 1.54) is 11.6 Å². The van der Waals surface area contributed by atoms with Crippen LogP contribution in [-0.2, 0) is 14.9 Å². The molecule has 2 rings (SSSR count). The van der Waals surface area contributed by atoms with Gasteiger partial charge in [-0.1, -0.05) is 44.2 Å². The first-order valence-corrected chi connectivity index (χ1v) is 8.96. The molecular weight excluding hydrogens is 300 g/mol. The molecule has 1 aliphatic heterocycles. The van der Waals surface area contributed by atoms with Crippen molar-refractivity contribution in [1.82, 2.24) is 9.79 Å². The van der Waals surface area contributed by atoms with Gasteiger partial charge in [0.25, 0.3) is 0 Å². The molecule has 5 nitrogen and oxygen atoms in total. The van der Waals surface area contributed by atoms with Crippen LogP contribution in [0.1, 0.15) is 36.9 Å². The van der Waals surface area contributed by atoms with Crippen LogP contribution < -0.4 is 4.72 Å². The molecule has 6 heteroatoms. The monoisotopic (exact) mass is 324 g/mol. The van der Waals surface area contributed by atoms with Gasteiger partial charge in [0.2, 0.25) is 10.0 Å². The van der Waals surface area contributed by atoms with Gasteiger partial charge >= 0.3 is 0 Å². The maximum atomic E-state index is 12.4. The zero-order chi connectivity index (χ0) is 16.3. The Morgan fingerprint density at radius 2 is 2.05 bits per heavy atom. The molecule has 1 N–H and O–H groups in total. The van der Waals surface area contributed by atoms with E-state index in [4.69, 9.17) is 4.84 Å². The summed E-state index contributed by atoms with van der Waals surface area (Å²) in [6.07, 6.45) is 1.53. The van der Waals surface area contributed by atoms with Gasteiger partial charge in [-0.15, -0.1) is 6.58 Å². The Morgan fingerprint density at radius 1 is 1.41 bits per heavy atom. The van der Waals surface area contributed by atoms with Crippen molar-refractivity contribution in [1.29, 1.82) is 0 Å². The first-order chi connectivity index (χ1) is 10.4. The van der Waals surface area contributed by atoms with E-state index >= 15 is 0 Å². The van der Waals surface area contributed by atoms with Gasteiger partial charge in [-0.2, -0.15) is 5.06 Å². The standard InChI is InChI=1S/C16H24N2O3S/c1-5-10-17-22(19,20)15-11-21-18(4)16(15)14-8-6-13(7-9-14)12(2)3/h5-9,12,15-17H,1,10-11H2,2-4H3. The van der Waals surface area contributed by atoms with Crippen LogP contribution in [0.2, 0.25) is 0 Å². The minimum Gasteiger partial charge on any atom is -0.297 e. The maximum absolute atomic E-state index is 12.4. The van der Waals surface area contributed by atoms with Crippen LogP contribution in [0.25, 0.3) is 0 Å². The molecule has 1 heterocycles. The fourth-order valence-electron chi connectivity index (χ4n) is 2.64. The molecule has 2 atom stereocenters. The zero-order valence-corrected chi connectivity index (χ0v) is 14.1. The summed E-state index contributed by atoms with van der Waals surface area (Å²) in [5.41, 5.74) is 2.17. The van der Waals surface area contributed by atoms with Crippen LogP contribution in [0.15, 0.2) is 36.9 Å². The molecule has 0 spiro atoms. The Hall–Kier alpha value is -1.21. The summed E-state index contributed by atoms with van der Waals surface area (Å²) in [5.74, 6) is 0.445. The average Bonchev–Trinajstić information content (AvgIpc) is 2.88. The van der Waals surface area contributed by atoms with Crippen LogP contribution in [0, 0.1) is 0 Å². The highest BCUT2D eigenvalue weighted by Gasteiger charge is 2.42. The summed E-state index contributed by atoms with van der Waals surface area (Å²) < 4.78 is 27.4. The van der Waals surface area contributed by atoms with Crippen molar-refractivity contribution in [3.05, 3.63) is 48.0 Å². The molecule has 2 unspecified atom stereocenters. The summed E-state index contributed by atoms with van der Waals surface area (Å²) in [6, 6.07) is 7.76. The zero-order valence-electron chi connectivity index (χ0n) is 13.3. The summed E-state index contributed by atoms with van der Waals surface area (Å²) in [7, 11) is -1.70. The van der Waals surface area contributed by atoms with Crippen LogP contribution in [0.3, 0.4) is 0 Å². The highest BCUT2D eigenvalue weighted by molar-refractivity contribution is 7.90. The number of nitrogens with one attached hydrogen (secondary N) is 1. The van der Waals surface area contributed by atoms with Gasteiger partial charge in [0.1, 0.15) is 5.25 Å². The molecule has 0 radical (unpaired) electrons. The lowest BCUT2D eigenvalue weighted by Gasteiger charge is -2.23. The van der Waals surface area contributed by atoms with E-state index in [1.54, 1.807) is 12.1 Å². The lowest BCUT2D eigenvalue weighted by atomic mass is 9.98. The lowest BCUT2D eigenvalue weighted by molar-refractivity contribution is -0.110. The summed E-state index contributed by atoms with van der Waals surface area (Å²) in [6.45, 7) is 8.18. The third-order valence-corrected chi connectivity index (χ3v) is 5.72. The van der Waals surface area contributed by atoms with Crippen molar-refractivity contribution in [2.24, 2.45) is 0 Å². The second-order valence-electron chi connectivity index (χ2n) is 5.83. The molecule has 1 saturated heterocycles. The summed E-state index contributed by atoms with van der Waals surface area (Å²) >= 11 is 0. The van der Waals surface area contributed by atoms with Crippen LogP contribution in [-0.4, -0.2) is 38.9 Å². The first kappa shape index (κ1) is 17.1. The molecule has 0 bridgehead atoms. The molecule has 22 heavy (non-hydrogen) atoms. The van der Waals surface area contributed by atoms with E-state index in [2.05, 4.69) is 25.1 Å². The van der Waals surface area contributed by atoms with Crippen molar-refractivity contribution in [2.45, 2.75) is 31.1 Å². The van der Waals surface area contributed by atoms with Crippen molar-refractivity contribution in [3.8, 4) is 0 Å². The normalized spacial score (nSPS) is 23.1. The van der Waals surface area contributed by atoms with Crippen molar-refractivity contribution in [3.63, 3.8) is 0 Å². The molecule has 1 fully saturated rings. The van der Waals surface area contributed by atoms with Crippen LogP contribution in [0.5, 0.6) is 0 Å². The van der Waals surface area contributed by atoms with Crippen LogP contribution in [0.4, 0.5) is 0 Å². The molecule has 122 valence electrons. The van der Waals surface area contributed by atoms with Gasteiger partial charge in [0.05, 0.1) is 12.6 Å². The van der Waals surface area contributed by atoms with Gasteiger partial charge in [-0.05, 0) is 17.0 Å². The number of rotatable bonds is 6. The number of nitrogens with zero attached hydrogens (tertiary/aromatic N) is 1. The Balaban J connectivity index is 2.28. The minimum atomic E-state index is -3.47. The quantitative estimate of drug-likeness (QED) is 0.815. The van der Waals surface area contributed by atoms with Crippen molar-refractivity contribution < 1.29 is 13.3 Å². The highest BCUT2D eigenvalue weighted by atomic mass is 32.2. The number of sulfonamides is 1. The van der Waals surface area contributed by atoms with Gasteiger partial charge < -0.3 is 0 Å². The van der Waals surface area contributed by atoms with Gasteiger partial charge in [0, 0.05) is 13.6 Å². The van der Waals surface area contributed by atoms with Gasteiger partial charge in [-0.3, -0.25) is 4.84 Å². The molecule has 1 aromatic rings. The van der Waals surface area contributed by atoms with Crippen molar-refractivity contribution >= 4 is 10.0 Å². The molecular formula is C16H24N2O3S. The Kier molecular flexibility index (Phi) is 5.39. The van der Waals surface area contributed by atoms with E-state index in [0.29, 0.717) is 5.92 Å². The highest BCUT2D eigenvalue weighted by Crippen LogP contribution is 2.33. The molecule has 1 aliphatic rings. The van der Waals surface area contributed by atoms with E-state index in [0.717, 1.165) is 5.56 Å². The molecule has 0 aliphatic carbocycles. The molecule has 0 amide bonds. The molecule has 0 saturated carbocycles. The Labute approximate surface area is 133 Å². The number of hydrogen-bond donors (Lipinski definition) is 1. The fraction of sp³-hybridized carbons (Fsp3) is 0.500. The van der Waals surface area contributed by atoms with E-state index < -0.39 is 15.3 Å². The number of benzene rings is 1. The van der Waals surface area contributed by atoms with Gasteiger partial charge in [0.15, 0.2) is 0 Å². The predicted molar refractivity (Wildman–Crippen MR) is 87.9 cm³/mol. The minimum absolute atomic E-state index is 0.152. The average molecular weight is 324 g/mol. The van der Waals surface area contributed by atoms with E-state index in [-0.39, 0.29) is 19.2 Å². The SMILES string of the molecule is C=CCNS(=O)(=O)C1CON(C)C1c1ccc(C(C)C)cc1. The summed E-state index contributed by atoms with van der Waals surface area (Å²) in [4.78, 5) is 5.46. The second-order valence-corrected chi connectivity index (χ2v) is 7.81. The maximum Gasteiger partial charge on any atom is 0.219 e. The number of hydroxylamine groups is 2. The third-order valence-electron chi connectivity index (χ3n) is 3.96. The molecule has 0 aromatic heterocycles. The largest absolute Gasteiger partial charge is 0.297 e. The predicted octanol–water partition coefficient (Wildman–Crippen LogP) is 2.20. The topological polar surface area (TPSA) is 58.6 Å². The Bertz CT molecular complexity index is 611. The summed E-state index contributed by atoms with van der Waals surface area (Å²) in [5, 5.41) is 0.990. The third kappa shape index (κ3) is 3.57.